The molecular formula is C58H34N2S3. The highest BCUT2D eigenvalue weighted by Gasteiger charge is 2.53. The molecule has 2 nitrogen and oxygen atoms in total. The van der Waals surface area contributed by atoms with Gasteiger partial charge in [-0.25, -0.2) is 0 Å². The van der Waals surface area contributed by atoms with E-state index in [4.69, 9.17) is 0 Å². The molecule has 0 radical (unpaired) electrons. The van der Waals surface area contributed by atoms with Gasteiger partial charge in [-0.05, 0) is 140 Å². The maximum Gasteiger partial charge on any atom is 0.0771 e. The van der Waals surface area contributed by atoms with E-state index in [1.165, 1.54) is 119 Å². The molecule has 1 spiro atoms. The predicted octanol–water partition coefficient (Wildman–Crippen LogP) is 16.6. The summed E-state index contributed by atoms with van der Waals surface area (Å²) in [4.78, 5) is 5.38. The zero-order chi connectivity index (χ0) is 41.0. The number of aromatic nitrogens is 1. The lowest BCUT2D eigenvalue weighted by Gasteiger charge is -2.44. The minimum atomic E-state index is -0.459. The Bertz CT molecular complexity index is 3810. The molecule has 4 aromatic heterocycles. The molecule has 0 unspecified atom stereocenters. The Morgan fingerprint density at radius 1 is 0.413 bits per heavy atom. The Balaban J connectivity index is 1.01. The number of fused-ring (bicyclic) bond motifs is 18. The van der Waals surface area contributed by atoms with Crippen LogP contribution in [0.2, 0.25) is 0 Å². The summed E-state index contributed by atoms with van der Waals surface area (Å²) < 4.78 is 5.09. The van der Waals surface area contributed by atoms with Gasteiger partial charge in [-0.1, -0.05) is 109 Å². The summed E-state index contributed by atoms with van der Waals surface area (Å²) in [5.41, 5.74) is 19.0. The first-order chi connectivity index (χ1) is 31.3. The van der Waals surface area contributed by atoms with E-state index in [1.54, 1.807) is 0 Å². The number of nitrogens with zero attached hydrogens (tertiary/aromatic N) is 2. The SMILES string of the molecule is c1ccc(-n2c3ccccc3c3cc4c(cc32)N(c2ccc3sc5ccc(C6c7ccccc7-c7ccccc76)cc5c3c2)c2ccccc2C42c3ccsc3-c3sccc32)cc1. The minimum absolute atomic E-state index is 0.200. The van der Waals surface area contributed by atoms with Crippen LogP contribution in [0.4, 0.5) is 17.1 Å². The fraction of sp³-hybridized carbons (Fsp3) is 0.0345. The van der Waals surface area contributed by atoms with E-state index in [-0.39, 0.29) is 5.92 Å². The van der Waals surface area contributed by atoms with Crippen molar-refractivity contribution in [1.82, 2.24) is 4.57 Å². The summed E-state index contributed by atoms with van der Waals surface area (Å²) in [6.07, 6.45) is 0. The zero-order valence-corrected chi connectivity index (χ0v) is 36.2. The van der Waals surface area contributed by atoms with Gasteiger partial charge in [0.25, 0.3) is 0 Å². The third-order valence-electron chi connectivity index (χ3n) is 14.2. The van der Waals surface area contributed by atoms with E-state index in [1.807, 2.05) is 34.0 Å². The molecule has 15 rings (SSSR count). The first-order valence-corrected chi connectivity index (χ1v) is 24.2. The van der Waals surface area contributed by atoms with Gasteiger partial charge in [0.15, 0.2) is 0 Å². The van der Waals surface area contributed by atoms with E-state index in [0.717, 1.165) is 5.69 Å². The predicted molar refractivity (Wildman–Crippen MR) is 268 cm³/mol. The molecule has 0 N–H and O–H groups in total. The average molecular weight is 855 g/mol. The van der Waals surface area contributed by atoms with Crippen molar-refractivity contribution < 1.29 is 0 Å². The Kier molecular flexibility index (Phi) is 6.88. The van der Waals surface area contributed by atoms with Crippen LogP contribution < -0.4 is 4.90 Å². The van der Waals surface area contributed by atoms with Crippen molar-refractivity contribution in [2.45, 2.75) is 11.3 Å². The highest BCUT2D eigenvalue weighted by Crippen LogP contribution is 2.66. The molecular weight excluding hydrogens is 821 g/mol. The number of anilines is 3. The van der Waals surface area contributed by atoms with Crippen molar-refractivity contribution in [2.75, 3.05) is 4.90 Å². The maximum absolute atomic E-state index is 2.58. The molecule has 8 aromatic carbocycles. The Morgan fingerprint density at radius 3 is 1.84 bits per heavy atom. The number of para-hydroxylation sites is 3. The topological polar surface area (TPSA) is 8.17 Å². The number of benzene rings is 8. The van der Waals surface area contributed by atoms with E-state index in [9.17, 15) is 0 Å². The molecule has 0 bridgehead atoms. The molecule has 0 amide bonds. The molecule has 5 heteroatoms. The van der Waals surface area contributed by atoms with Gasteiger partial charge in [-0.2, -0.15) is 0 Å². The van der Waals surface area contributed by atoms with Gasteiger partial charge in [0.1, 0.15) is 0 Å². The summed E-state index contributed by atoms with van der Waals surface area (Å²) in [5, 5.41) is 9.76. The van der Waals surface area contributed by atoms with E-state index in [2.05, 4.69) is 208 Å². The van der Waals surface area contributed by atoms with Gasteiger partial charge < -0.3 is 9.47 Å². The van der Waals surface area contributed by atoms with Gasteiger partial charge in [0.05, 0.1) is 27.8 Å². The van der Waals surface area contributed by atoms with Crippen molar-refractivity contribution in [3.05, 3.63) is 238 Å². The first kappa shape index (κ1) is 34.6. The van der Waals surface area contributed by atoms with Crippen LogP contribution in [0, 0.1) is 0 Å². The van der Waals surface area contributed by atoms with E-state index >= 15 is 0 Å². The van der Waals surface area contributed by atoms with Gasteiger partial charge in [0.2, 0.25) is 0 Å². The Morgan fingerprint density at radius 2 is 1.06 bits per heavy atom. The molecule has 1 aliphatic heterocycles. The van der Waals surface area contributed by atoms with Gasteiger partial charge in [0, 0.05) is 58.0 Å². The fourth-order valence-corrected chi connectivity index (χ4v) is 15.0. The lowest BCUT2D eigenvalue weighted by molar-refractivity contribution is 0.757. The summed E-state index contributed by atoms with van der Waals surface area (Å²) in [5.74, 6) is 0.200. The zero-order valence-electron chi connectivity index (χ0n) is 33.7. The highest BCUT2D eigenvalue weighted by molar-refractivity contribution is 7.25. The summed E-state index contributed by atoms with van der Waals surface area (Å²) in [7, 11) is 0. The fourth-order valence-electron chi connectivity index (χ4n) is 11.8. The normalized spacial score (nSPS) is 14.4. The second-order valence-electron chi connectivity index (χ2n) is 17.1. The number of hydrogen-bond acceptors (Lipinski definition) is 4. The Labute approximate surface area is 375 Å². The van der Waals surface area contributed by atoms with Gasteiger partial charge in [-0.15, -0.1) is 34.0 Å². The maximum atomic E-state index is 2.58. The molecule has 0 saturated carbocycles. The summed E-state index contributed by atoms with van der Waals surface area (Å²) in [6.45, 7) is 0. The number of hydrogen-bond donors (Lipinski definition) is 0. The molecule has 2 aliphatic carbocycles. The van der Waals surface area contributed by atoms with Crippen LogP contribution in [-0.4, -0.2) is 4.57 Å². The first-order valence-electron chi connectivity index (χ1n) is 21.6. The molecule has 63 heavy (non-hydrogen) atoms. The molecule has 294 valence electrons. The summed E-state index contributed by atoms with van der Waals surface area (Å²) >= 11 is 5.66. The molecule has 0 atom stereocenters. The van der Waals surface area contributed by atoms with Gasteiger partial charge >= 0.3 is 0 Å². The van der Waals surface area contributed by atoms with Gasteiger partial charge in [-0.3, -0.25) is 0 Å². The minimum Gasteiger partial charge on any atom is -0.310 e. The van der Waals surface area contributed by atoms with Crippen LogP contribution in [0.3, 0.4) is 0 Å². The quantitative estimate of drug-likeness (QED) is 0.172. The van der Waals surface area contributed by atoms with Crippen LogP contribution in [0.5, 0.6) is 0 Å². The monoisotopic (exact) mass is 854 g/mol. The summed E-state index contributed by atoms with van der Waals surface area (Å²) in [6, 6.07) is 71.3. The molecule has 3 aliphatic rings. The van der Waals surface area contributed by atoms with Crippen LogP contribution in [0.25, 0.3) is 68.5 Å². The highest BCUT2D eigenvalue weighted by atomic mass is 32.1. The molecule has 0 saturated heterocycles. The van der Waals surface area contributed by atoms with E-state index in [0.29, 0.717) is 0 Å². The lowest BCUT2D eigenvalue weighted by Crippen LogP contribution is -2.35. The number of thiophene rings is 3. The Hall–Kier alpha value is -7.02. The standard InChI is InChI=1S/C58H34N2S3/c1-2-12-35(13-3-1)59-49-20-10-8-16-39(49)42-32-48-52(33-51(42)59)60(50-21-11-9-19-45(50)58(48)46-26-28-61-56(46)57-47(58)27-29-62-57)36-23-25-54-44(31-36)43-30-34(22-24-53(43)63-54)55-40-17-6-4-14-37(40)38-15-5-7-18-41(38)55/h1-33,55H. The average Bonchev–Trinajstić information content (AvgIpc) is 4.20. The third-order valence-corrected chi connectivity index (χ3v) is 17.4. The molecule has 12 aromatic rings. The largest absolute Gasteiger partial charge is 0.310 e. The third kappa shape index (κ3) is 4.41. The van der Waals surface area contributed by atoms with Crippen LogP contribution >= 0.6 is 34.0 Å². The molecule has 0 fully saturated rings. The van der Waals surface area contributed by atoms with Crippen LogP contribution in [0.15, 0.2) is 199 Å². The lowest BCUT2D eigenvalue weighted by atomic mass is 9.65. The van der Waals surface area contributed by atoms with Crippen molar-refractivity contribution in [3.8, 4) is 26.6 Å². The van der Waals surface area contributed by atoms with Crippen molar-refractivity contribution in [2.24, 2.45) is 0 Å². The molecule has 5 heterocycles. The van der Waals surface area contributed by atoms with Crippen molar-refractivity contribution >= 4 is 93.1 Å². The number of rotatable bonds is 3. The second kappa shape index (κ2) is 12.6. The smallest absolute Gasteiger partial charge is 0.0771 e. The van der Waals surface area contributed by atoms with Crippen molar-refractivity contribution in [1.29, 1.82) is 0 Å². The van der Waals surface area contributed by atoms with Crippen molar-refractivity contribution in [3.63, 3.8) is 0 Å². The second-order valence-corrected chi connectivity index (χ2v) is 20.1. The van der Waals surface area contributed by atoms with Crippen LogP contribution in [-0.2, 0) is 5.41 Å². The van der Waals surface area contributed by atoms with Crippen LogP contribution in [0.1, 0.15) is 44.9 Å². The van der Waals surface area contributed by atoms with E-state index < -0.39 is 5.41 Å².